The van der Waals surface area contributed by atoms with Gasteiger partial charge in [0.2, 0.25) is 0 Å². The number of aromatic nitrogens is 2. The topological polar surface area (TPSA) is 86.9 Å². The minimum absolute atomic E-state index is 0.00988. The van der Waals surface area contributed by atoms with Gasteiger partial charge in [-0.25, -0.2) is 4.98 Å². The van der Waals surface area contributed by atoms with E-state index in [1.165, 1.54) is 32.1 Å². The van der Waals surface area contributed by atoms with Gasteiger partial charge in [-0.05, 0) is 74.8 Å². The number of H-pyrrole nitrogens is 1. The zero-order valence-electron chi connectivity index (χ0n) is 19.9. The fraction of sp³-hybridized carbons (Fsp3) is 0.464. The number of hydrogen-bond acceptors (Lipinski definition) is 3. The number of fused-ring (bicyclic) bond motifs is 1. The lowest BCUT2D eigenvalue weighted by molar-refractivity contribution is 0.0916. The Bertz CT molecular complexity index is 1150. The van der Waals surface area contributed by atoms with Crippen molar-refractivity contribution in [1.29, 1.82) is 0 Å². The molecule has 178 valence electrons. The molecule has 1 heterocycles. The van der Waals surface area contributed by atoms with Crippen molar-refractivity contribution in [2.45, 2.75) is 76.8 Å². The third-order valence-electron chi connectivity index (χ3n) is 7.46. The number of rotatable bonds is 5. The minimum atomic E-state index is -0.0206. The molecule has 3 aromatic rings. The summed E-state index contributed by atoms with van der Waals surface area (Å²) in [5, 5.41) is 6.36. The Balaban J connectivity index is 1.25. The van der Waals surface area contributed by atoms with E-state index in [9.17, 15) is 9.59 Å². The van der Waals surface area contributed by atoms with Crippen LogP contribution in [0, 0.1) is 5.92 Å². The first kappa shape index (κ1) is 22.6. The van der Waals surface area contributed by atoms with Crippen molar-refractivity contribution in [2.24, 2.45) is 5.92 Å². The smallest absolute Gasteiger partial charge is 0.251 e. The van der Waals surface area contributed by atoms with Crippen LogP contribution in [0.15, 0.2) is 42.5 Å². The molecular formula is C28H34N4O2. The second-order valence-electron chi connectivity index (χ2n) is 10.1. The van der Waals surface area contributed by atoms with Crippen molar-refractivity contribution in [2.75, 3.05) is 0 Å². The highest BCUT2D eigenvalue weighted by molar-refractivity contribution is 5.98. The van der Waals surface area contributed by atoms with Gasteiger partial charge in [0.05, 0.1) is 11.0 Å². The summed E-state index contributed by atoms with van der Waals surface area (Å²) in [7, 11) is 0. The van der Waals surface area contributed by atoms with E-state index >= 15 is 0 Å². The van der Waals surface area contributed by atoms with Gasteiger partial charge < -0.3 is 15.6 Å². The number of carbonyl (C=O) groups is 2. The quantitative estimate of drug-likeness (QED) is 0.465. The Hall–Kier alpha value is -3.15. The second-order valence-corrected chi connectivity index (χ2v) is 10.1. The van der Waals surface area contributed by atoms with Crippen LogP contribution >= 0.6 is 0 Å². The Morgan fingerprint density at radius 1 is 0.794 bits per heavy atom. The normalized spacial score (nSPS) is 21.3. The summed E-state index contributed by atoms with van der Waals surface area (Å²) in [6, 6.07) is 13.7. The number of nitrogens with zero attached hydrogens (tertiary/aromatic N) is 1. The van der Waals surface area contributed by atoms with Gasteiger partial charge in [-0.3, -0.25) is 9.59 Å². The third-order valence-corrected chi connectivity index (χ3v) is 7.46. The fourth-order valence-electron chi connectivity index (χ4n) is 5.26. The molecule has 0 spiro atoms. The van der Waals surface area contributed by atoms with Crippen LogP contribution in [0.5, 0.6) is 0 Å². The standard InChI is InChI=1S/C28H34N4O2/c1-18-7-14-23(15-8-18)30-27(33)20-11-9-19(10-12-20)26-31-24-16-13-21(17-25(24)32-26)28(34)29-22-5-3-2-4-6-22/h9-13,16-18,22-23H,2-8,14-15H2,1H3,(H,29,34)(H,30,33)(H,31,32). The molecule has 0 bridgehead atoms. The van der Waals surface area contributed by atoms with E-state index < -0.39 is 0 Å². The first-order chi connectivity index (χ1) is 16.5. The van der Waals surface area contributed by atoms with Gasteiger partial charge in [0, 0.05) is 28.8 Å². The summed E-state index contributed by atoms with van der Waals surface area (Å²) in [5.74, 6) is 1.46. The zero-order valence-corrected chi connectivity index (χ0v) is 19.9. The van der Waals surface area contributed by atoms with E-state index in [1.807, 2.05) is 42.5 Å². The highest BCUT2D eigenvalue weighted by Crippen LogP contribution is 2.25. The zero-order chi connectivity index (χ0) is 23.5. The van der Waals surface area contributed by atoms with Crippen molar-refractivity contribution in [3.05, 3.63) is 53.6 Å². The van der Waals surface area contributed by atoms with Gasteiger partial charge in [0.25, 0.3) is 11.8 Å². The summed E-state index contributed by atoms with van der Waals surface area (Å²) in [6.45, 7) is 2.28. The number of carbonyl (C=O) groups excluding carboxylic acids is 2. The van der Waals surface area contributed by atoms with Crippen LogP contribution < -0.4 is 10.6 Å². The molecule has 0 unspecified atom stereocenters. The molecule has 5 rings (SSSR count). The highest BCUT2D eigenvalue weighted by Gasteiger charge is 2.21. The molecule has 2 fully saturated rings. The maximum absolute atomic E-state index is 12.7. The molecule has 2 aromatic carbocycles. The van der Waals surface area contributed by atoms with Crippen LogP contribution in [0.25, 0.3) is 22.4 Å². The van der Waals surface area contributed by atoms with Gasteiger partial charge in [0.1, 0.15) is 5.82 Å². The van der Waals surface area contributed by atoms with E-state index in [2.05, 4.69) is 27.5 Å². The Labute approximate surface area is 200 Å². The fourth-order valence-corrected chi connectivity index (χ4v) is 5.26. The van der Waals surface area contributed by atoms with E-state index in [-0.39, 0.29) is 23.9 Å². The average molecular weight is 459 g/mol. The molecule has 6 nitrogen and oxygen atoms in total. The molecule has 0 aliphatic heterocycles. The molecule has 0 radical (unpaired) electrons. The lowest BCUT2D eigenvalue weighted by Gasteiger charge is -2.26. The van der Waals surface area contributed by atoms with E-state index in [4.69, 9.17) is 0 Å². The summed E-state index contributed by atoms with van der Waals surface area (Å²) in [5.41, 5.74) is 3.88. The predicted molar refractivity (Wildman–Crippen MR) is 135 cm³/mol. The molecule has 6 heteroatoms. The minimum Gasteiger partial charge on any atom is -0.349 e. The number of imidazole rings is 1. The first-order valence-corrected chi connectivity index (χ1v) is 12.8. The third kappa shape index (κ3) is 5.16. The molecule has 3 N–H and O–H groups in total. The maximum Gasteiger partial charge on any atom is 0.251 e. The Morgan fingerprint density at radius 3 is 2.12 bits per heavy atom. The summed E-state index contributed by atoms with van der Waals surface area (Å²) in [6.07, 6.45) is 10.3. The lowest BCUT2D eigenvalue weighted by atomic mass is 9.87. The molecule has 0 saturated heterocycles. The molecule has 1 aromatic heterocycles. The number of benzene rings is 2. The van der Waals surface area contributed by atoms with Gasteiger partial charge in [-0.15, -0.1) is 0 Å². The second kappa shape index (κ2) is 10.00. The molecule has 2 aliphatic carbocycles. The molecule has 34 heavy (non-hydrogen) atoms. The van der Waals surface area contributed by atoms with Crippen LogP contribution in [-0.4, -0.2) is 33.9 Å². The van der Waals surface area contributed by atoms with Crippen molar-refractivity contribution < 1.29 is 9.59 Å². The number of aromatic amines is 1. The molecule has 2 aliphatic rings. The summed E-state index contributed by atoms with van der Waals surface area (Å²) < 4.78 is 0. The van der Waals surface area contributed by atoms with Crippen LogP contribution in [0.3, 0.4) is 0 Å². The maximum atomic E-state index is 12.7. The molecular weight excluding hydrogens is 424 g/mol. The van der Waals surface area contributed by atoms with Crippen LogP contribution in [0.1, 0.15) is 85.4 Å². The predicted octanol–water partition coefficient (Wildman–Crippen LogP) is 5.60. The Morgan fingerprint density at radius 2 is 1.41 bits per heavy atom. The van der Waals surface area contributed by atoms with Crippen LogP contribution in [-0.2, 0) is 0 Å². The van der Waals surface area contributed by atoms with Crippen LogP contribution in [0.4, 0.5) is 0 Å². The van der Waals surface area contributed by atoms with Crippen molar-refractivity contribution in [3.8, 4) is 11.4 Å². The van der Waals surface area contributed by atoms with Crippen molar-refractivity contribution in [1.82, 2.24) is 20.6 Å². The van der Waals surface area contributed by atoms with Crippen molar-refractivity contribution in [3.63, 3.8) is 0 Å². The first-order valence-electron chi connectivity index (χ1n) is 12.8. The molecule has 2 saturated carbocycles. The average Bonchev–Trinajstić information content (AvgIpc) is 3.30. The summed E-state index contributed by atoms with van der Waals surface area (Å²) in [4.78, 5) is 33.4. The van der Waals surface area contributed by atoms with Gasteiger partial charge >= 0.3 is 0 Å². The molecule has 0 atom stereocenters. The largest absolute Gasteiger partial charge is 0.349 e. The highest BCUT2D eigenvalue weighted by atomic mass is 16.2. The van der Waals surface area contributed by atoms with E-state index in [0.717, 1.165) is 54.0 Å². The monoisotopic (exact) mass is 458 g/mol. The van der Waals surface area contributed by atoms with Crippen LogP contribution in [0.2, 0.25) is 0 Å². The van der Waals surface area contributed by atoms with Gasteiger partial charge in [-0.1, -0.05) is 38.3 Å². The lowest BCUT2D eigenvalue weighted by Crippen LogP contribution is -2.37. The number of hydrogen-bond donors (Lipinski definition) is 3. The Kier molecular flexibility index (Phi) is 6.66. The van der Waals surface area contributed by atoms with Crippen molar-refractivity contribution >= 4 is 22.8 Å². The van der Waals surface area contributed by atoms with Gasteiger partial charge in [-0.2, -0.15) is 0 Å². The SMILES string of the molecule is CC1CCC(NC(=O)c2ccc(-c3nc4ccc(C(=O)NC5CCCCC5)cc4[nH]3)cc2)CC1. The number of amides is 2. The van der Waals surface area contributed by atoms with E-state index in [1.54, 1.807) is 0 Å². The summed E-state index contributed by atoms with van der Waals surface area (Å²) >= 11 is 0. The number of nitrogens with one attached hydrogen (secondary N) is 3. The van der Waals surface area contributed by atoms with E-state index in [0.29, 0.717) is 11.1 Å². The van der Waals surface area contributed by atoms with Gasteiger partial charge in [0.15, 0.2) is 0 Å². The molecule has 2 amide bonds.